The van der Waals surface area contributed by atoms with Gasteiger partial charge in [0.2, 0.25) is 0 Å². The Bertz CT molecular complexity index is 7.61. The van der Waals surface area contributed by atoms with Gasteiger partial charge in [0.25, 0.3) is 0 Å². The molecule has 30 valence electrons. The average molecular weight is 155 g/mol. The van der Waals surface area contributed by atoms with Gasteiger partial charge in [-0.15, -0.1) is 0 Å². The van der Waals surface area contributed by atoms with Crippen LogP contribution in [0.1, 0.15) is 0 Å². The van der Waals surface area contributed by atoms with E-state index in [1.807, 2.05) is 0 Å². The second-order valence-electron chi connectivity index (χ2n) is 0. The van der Waals surface area contributed by atoms with Crippen molar-refractivity contribution in [1.82, 2.24) is 0 Å². The standard InChI is InChI=1S/2Ca.ClHO.H2O.4H/c;;1-2;;;;;/h;;2H;1H2;;;;. The van der Waals surface area contributed by atoms with Crippen LogP contribution in [0.5, 0.6) is 0 Å². The third kappa shape index (κ3) is 20.2. The summed E-state index contributed by atoms with van der Waals surface area (Å²) < 4.78 is 6.47. The predicted molar refractivity (Wildman–Crippen MR) is 28.8 cm³/mol. The summed E-state index contributed by atoms with van der Waals surface area (Å²) >= 11 is 3.64. The van der Waals surface area contributed by atoms with Crippen molar-refractivity contribution in [3.8, 4) is 0 Å². The molecule has 0 aliphatic rings. The molecule has 0 saturated heterocycles. The Morgan fingerprint density at radius 2 is 1.00 bits per heavy atom. The zero-order valence-corrected chi connectivity index (χ0v) is 2.08. The van der Waals surface area contributed by atoms with Gasteiger partial charge in [0, 0.05) is 0 Å². The van der Waals surface area contributed by atoms with Crippen LogP contribution in [-0.4, -0.2) is 85.6 Å². The fourth-order valence-electron chi connectivity index (χ4n) is 0. The number of hydrogen-bond acceptors (Lipinski definition) is 1. The molecule has 0 amide bonds. The van der Waals surface area contributed by atoms with E-state index in [1.54, 1.807) is 0 Å². The van der Waals surface area contributed by atoms with Crippen molar-refractivity contribution >= 4 is 87.3 Å². The summed E-state index contributed by atoms with van der Waals surface area (Å²) in [4.78, 5) is 0. The van der Waals surface area contributed by atoms with E-state index in [1.165, 1.54) is 0 Å². The van der Waals surface area contributed by atoms with Crippen LogP contribution in [0.3, 0.4) is 0 Å². The number of hydrogen-bond donors (Lipinski definition) is 1. The second-order valence-corrected chi connectivity index (χ2v) is 0. The maximum atomic E-state index is 6.47. The zero-order valence-electron chi connectivity index (χ0n) is 1.33. The van der Waals surface area contributed by atoms with E-state index in [0.717, 1.165) is 0 Å². The number of halogens is 1. The molecule has 0 saturated carbocycles. The van der Waals surface area contributed by atoms with Crippen LogP contribution in [-0.2, 0) is 0 Å². The Kier molecular flexibility index (Phi) is 149. The molecule has 5 heavy (non-hydrogen) atoms. The third-order valence-electron chi connectivity index (χ3n) is 0. The van der Waals surface area contributed by atoms with Gasteiger partial charge in [-0.05, 0) is 0 Å². The molecule has 0 heterocycles. The first kappa shape index (κ1) is 25.2. The molecule has 0 spiro atoms. The summed E-state index contributed by atoms with van der Waals surface area (Å²) in [6, 6.07) is 0. The first-order valence-corrected chi connectivity index (χ1v) is 0.507. The van der Waals surface area contributed by atoms with Gasteiger partial charge in [0.15, 0.2) is 0 Å². The molecule has 0 aromatic rings. The molecule has 0 rings (SSSR count). The second kappa shape index (κ2) is 29.7. The van der Waals surface area contributed by atoms with Gasteiger partial charge in [0.1, 0.15) is 0 Å². The maximum absolute atomic E-state index is 6.47. The van der Waals surface area contributed by atoms with E-state index >= 15 is 0 Å². The molecule has 0 bridgehead atoms. The summed E-state index contributed by atoms with van der Waals surface area (Å²) in [7, 11) is 0. The van der Waals surface area contributed by atoms with Gasteiger partial charge in [0.05, 0.1) is 11.9 Å². The molecular formula is H7Ca2ClO2. The van der Waals surface area contributed by atoms with Crippen LogP contribution >= 0.6 is 11.9 Å². The van der Waals surface area contributed by atoms with Crippen LogP contribution in [0.15, 0.2) is 0 Å². The van der Waals surface area contributed by atoms with Crippen molar-refractivity contribution in [2.24, 2.45) is 0 Å². The minimum absolute atomic E-state index is 0. The topological polar surface area (TPSA) is 51.7 Å². The van der Waals surface area contributed by atoms with Gasteiger partial charge in [-0.1, -0.05) is 0 Å². The number of rotatable bonds is 0. The summed E-state index contributed by atoms with van der Waals surface area (Å²) in [6.45, 7) is 0. The summed E-state index contributed by atoms with van der Waals surface area (Å²) in [6.07, 6.45) is 0. The van der Waals surface area contributed by atoms with Gasteiger partial charge >= 0.3 is 75.5 Å². The van der Waals surface area contributed by atoms with Gasteiger partial charge in [-0.2, -0.15) is 0 Å². The molecule has 5 heteroatoms. The van der Waals surface area contributed by atoms with Crippen LogP contribution < -0.4 is 0 Å². The molecule has 3 N–H and O–H groups in total. The Labute approximate surface area is 95.4 Å². The summed E-state index contributed by atoms with van der Waals surface area (Å²) in [5.41, 5.74) is 0. The predicted octanol–water partition coefficient (Wildman–Crippen LogP) is -2.52. The molecule has 0 unspecified atom stereocenters. The molecule has 0 aliphatic heterocycles. The molecule has 2 nitrogen and oxygen atoms in total. The monoisotopic (exact) mass is 154 g/mol. The van der Waals surface area contributed by atoms with E-state index in [0.29, 0.717) is 0 Å². The van der Waals surface area contributed by atoms with Crippen molar-refractivity contribution in [1.29, 1.82) is 0 Å². The Morgan fingerprint density at radius 3 is 1.00 bits per heavy atom. The van der Waals surface area contributed by atoms with Crippen LogP contribution in [0.4, 0.5) is 0 Å². The molecular weight excluding hydrogens is 148 g/mol. The molecule has 0 aliphatic carbocycles. The van der Waals surface area contributed by atoms with E-state index in [9.17, 15) is 0 Å². The van der Waals surface area contributed by atoms with Crippen molar-refractivity contribution < 1.29 is 10.1 Å². The Balaban J connectivity index is -0.00000000167. The van der Waals surface area contributed by atoms with Crippen LogP contribution in [0.25, 0.3) is 0 Å². The molecule has 0 aromatic carbocycles. The first-order chi connectivity index (χ1) is 1.00. The zero-order chi connectivity index (χ0) is 2.00. The fourth-order valence-corrected chi connectivity index (χ4v) is 0. The minimum atomic E-state index is 0. The van der Waals surface area contributed by atoms with E-state index in [4.69, 9.17) is 4.66 Å². The van der Waals surface area contributed by atoms with Crippen molar-refractivity contribution in [3.63, 3.8) is 0 Å². The quantitative estimate of drug-likeness (QED) is 0.385. The molecule has 0 aromatic heterocycles. The van der Waals surface area contributed by atoms with E-state index in [-0.39, 0.29) is 81.0 Å². The van der Waals surface area contributed by atoms with Gasteiger partial charge in [-0.3, -0.25) is 4.66 Å². The van der Waals surface area contributed by atoms with E-state index in [2.05, 4.69) is 11.9 Å². The Morgan fingerprint density at radius 1 is 1.00 bits per heavy atom. The van der Waals surface area contributed by atoms with Gasteiger partial charge < -0.3 is 5.48 Å². The Hall–Kier alpha value is 2.73. The summed E-state index contributed by atoms with van der Waals surface area (Å²) in [5, 5.41) is 0. The van der Waals surface area contributed by atoms with Crippen molar-refractivity contribution in [2.75, 3.05) is 0 Å². The molecule has 0 fully saturated rings. The average Bonchev–Trinajstić information content (AvgIpc) is 1.00. The van der Waals surface area contributed by atoms with Crippen LogP contribution in [0, 0.1) is 0 Å². The van der Waals surface area contributed by atoms with Crippen LogP contribution in [0.2, 0.25) is 0 Å². The third-order valence-corrected chi connectivity index (χ3v) is 0. The fraction of sp³-hybridized carbons (Fsp3) is 0. The molecule has 0 atom stereocenters. The normalized spacial score (nSPS) is 1.20. The van der Waals surface area contributed by atoms with Crippen molar-refractivity contribution in [3.05, 3.63) is 0 Å². The van der Waals surface area contributed by atoms with E-state index < -0.39 is 0 Å². The van der Waals surface area contributed by atoms with Crippen molar-refractivity contribution in [2.45, 2.75) is 0 Å². The summed E-state index contributed by atoms with van der Waals surface area (Å²) in [5.74, 6) is 0. The SMILES string of the molecule is O.OCl.[CaH2].[CaH2]. The molecule has 0 radical (unpaired) electrons. The first-order valence-electron chi connectivity index (χ1n) is 0.169. The van der Waals surface area contributed by atoms with Gasteiger partial charge in [-0.25, -0.2) is 0 Å².